The number of benzene rings is 2. The molecule has 0 atom stereocenters. The molecule has 4 heteroatoms. The normalized spacial score (nSPS) is 16.2. The Morgan fingerprint density at radius 3 is 2.75 bits per heavy atom. The van der Waals surface area contributed by atoms with Gasteiger partial charge in [-0.15, -0.1) is 11.3 Å². The zero-order chi connectivity index (χ0) is 16.5. The van der Waals surface area contributed by atoms with Gasteiger partial charge >= 0.3 is 0 Å². The summed E-state index contributed by atoms with van der Waals surface area (Å²) < 4.78 is 1.24. The molecule has 0 bridgehead atoms. The van der Waals surface area contributed by atoms with Crippen LogP contribution >= 0.6 is 23.1 Å². The van der Waals surface area contributed by atoms with Gasteiger partial charge in [0.25, 0.3) is 0 Å². The maximum Gasteiger partial charge on any atom is 0.117 e. The van der Waals surface area contributed by atoms with Crippen LogP contribution in [0.5, 0.6) is 0 Å². The molecule has 0 spiro atoms. The fraction of sp³-hybridized carbons (Fsp3) is 0.150. The Balaban J connectivity index is 1.65. The third-order valence-corrected chi connectivity index (χ3v) is 6.06. The van der Waals surface area contributed by atoms with Crippen molar-refractivity contribution in [3.63, 3.8) is 0 Å². The van der Waals surface area contributed by atoms with Crippen molar-refractivity contribution in [2.24, 2.45) is 0 Å². The van der Waals surface area contributed by atoms with E-state index in [4.69, 9.17) is 4.98 Å². The summed E-state index contributed by atoms with van der Waals surface area (Å²) in [4.78, 5) is 8.40. The second kappa shape index (κ2) is 6.46. The fourth-order valence-corrected chi connectivity index (χ4v) is 5.09. The third kappa shape index (κ3) is 2.87. The number of nitrogens with zero attached hydrogens (tertiary/aromatic N) is 2. The van der Waals surface area contributed by atoms with Gasteiger partial charge in [0.05, 0.1) is 20.9 Å². The van der Waals surface area contributed by atoms with E-state index in [2.05, 4.69) is 73.4 Å². The largest absolute Gasteiger partial charge is 0.335 e. The van der Waals surface area contributed by atoms with Crippen LogP contribution in [0.4, 0.5) is 5.69 Å². The average molecular weight is 351 g/mol. The second-order valence-corrected chi connectivity index (χ2v) is 7.83. The molecular formula is C20H18N2S2. The zero-order valence-electron chi connectivity index (χ0n) is 13.7. The van der Waals surface area contributed by atoms with E-state index in [1.165, 1.54) is 25.9 Å². The van der Waals surface area contributed by atoms with Gasteiger partial charge in [0.2, 0.25) is 0 Å². The molecule has 1 aromatic heterocycles. The summed E-state index contributed by atoms with van der Waals surface area (Å²) in [7, 11) is 0. The van der Waals surface area contributed by atoms with Crippen LogP contribution in [0.3, 0.4) is 0 Å². The molecule has 0 saturated carbocycles. The number of hydrogen-bond acceptors (Lipinski definition) is 4. The Labute approximate surface area is 150 Å². The molecule has 4 rings (SSSR count). The highest BCUT2D eigenvalue weighted by atomic mass is 32.2. The molecule has 0 saturated heterocycles. The van der Waals surface area contributed by atoms with E-state index >= 15 is 0 Å². The van der Waals surface area contributed by atoms with Crippen LogP contribution in [0.15, 0.2) is 70.1 Å². The van der Waals surface area contributed by atoms with Crippen LogP contribution < -0.4 is 4.90 Å². The van der Waals surface area contributed by atoms with Crippen LogP contribution in [0, 0.1) is 0 Å². The summed E-state index contributed by atoms with van der Waals surface area (Å²) in [6, 6.07) is 16.9. The molecule has 0 fully saturated rings. The first-order valence-corrected chi connectivity index (χ1v) is 9.68. The average Bonchev–Trinajstić information content (AvgIpc) is 3.14. The van der Waals surface area contributed by atoms with E-state index < -0.39 is 0 Å². The standard InChI is InChI=1S/C20H18N2S2/c1-3-22-16-9-5-7-11-18(16)24-20(22)13-14(2)12-19-21-15-8-4-6-10-17(15)23-19/h4-13H,3H2,1-2H3/b14-12+,20-13+. The fourth-order valence-electron chi connectivity index (χ4n) is 2.87. The molecule has 0 unspecified atom stereocenters. The van der Waals surface area contributed by atoms with Crippen molar-refractivity contribution in [3.05, 3.63) is 70.2 Å². The van der Waals surface area contributed by atoms with Crippen molar-refractivity contribution in [2.75, 3.05) is 11.4 Å². The van der Waals surface area contributed by atoms with Gasteiger partial charge in [-0.25, -0.2) is 4.98 Å². The van der Waals surface area contributed by atoms with Gasteiger partial charge in [-0.1, -0.05) is 36.0 Å². The van der Waals surface area contributed by atoms with Gasteiger partial charge in [0.15, 0.2) is 0 Å². The van der Waals surface area contributed by atoms with Crippen LogP contribution in [-0.4, -0.2) is 11.5 Å². The molecule has 120 valence electrons. The van der Waals surface area contributed by atoms with Gasteiger partial charge in [0.1, 0.15) is 5.01 Å². The quantitative estimate of drug-likeness (QED) is 0.561. The highest BCUT2D eigenvalue weighted by molar-refractivity contribution is 8.03. The molecule has 24 heavy (non-hydrogen) atoms. The van der Waals surface area contributed by atoms with E-state index in [0.29, 0.717) is 0 Å². The number of allylic oxidation sites excluding steroid dienone is 2. The van der Waals surface area contributed by atoms with Gasteiger partial charge in [-0.3, -0.25) is 0 Å². The molecule has 2 heterocycles. The minimum absolute atomic E-state index is 0.976. The second-order valence-electron chi connectivity index (χ2n) is 5.70. The molecule has 2 aromatic carbocycles. The van der Waals surface area contributed by atoms with Crippen molar-refractivity contribution < 1.29 is 0 Å². The molecule has 3 aromatic rings. The molecule has 2 nitrogen and oxygen atoms in total. The maximum absolute atomic E-state index is 4.70. The number of aromatic nitrogens is 1. The number of thiazole rings is 1. The number of para-hydroxylation sites is 2. The molecular weight excluding hydrogens is 332 g/mol. The SMILES string of the molecule is CCN1/C(=C\C(C)=C\c2nc3ccccc3s2)Sc2ccccc21. The number of fused-ring (bicyclic) bond motifs is 2. The minimum Gasteiger partial charge on any atom is -0.335 e. The number of thioether (sulfide) groups is 1. The van der Waals surface area contributed by atoms with Gasteiger partial charge < -0.3 is 4.90 Å². The minimum atomic E-state index is 0.976. The summed E-state index contributed by atoms with van der Waals surface area (Å²) in [5.41, 5.74) is 3.61. The highest BCUT2D eigenvalue weighted by Crippen LogP contribution is 2.45. The van der Waals surface area contributed by atoms with Crippen LogP contribution in [0.25, 0.3) is 16.3 Å². The van der Waals surface area contributed by atoms with Crippen LogP contribution in [0.1, 0.15) is 18.9 Å². The lowest BCUT2D eigenvalue weighted by molar-refractivity contribution is 1.00. The number of rotatable bonds is 3. The molecule has 0 amide bonds. The summed E-state index contributed by atoms with van der Waals surface area (Å²) >= 11 is 3.58. The van der Waals surface area contributed by atoms with E-state index in [1.54, 1.807) is 11.3 Å². The third-order valence-electron chi connectivity index (χ3n) is 3.97. The van der Waals surface area contributed by atoms with Crippen LogP contribution in [0.2, 0.25) is 0 Å². The zero-order valence-corrected chi connectivity index (χ0v) is 15.3. The first-order valence-electron chi connectivity index (χ1n) is 8.04. The van der Waals surface area contributed by atoms with E-state index in [9.17, 15) is 0 Å². The maximum atomic E-state index is 4.70. The lowest BCUT2D eigenvalue weighted by Crippen LogP contribution is -2.16. The summed E-state index contributed by atoms with van der Waals surface area (Å²) in [6.07, 6.45) is 4.44. The number of anilines is 1. The first-order chi connectivity index (χ1) is 11.7. The molecule has 1 aliphatic heterocycles. The Morgan fingerprint density at radius 2 is 1.92 bits per heavy atom. The Kier molecular flexibility index (Phi) is 4.17. The smallest absolute Gasteiger partial charge is 0.117 e. The Bertz CT molecular complexity index is 920. The van der Waals surface area contributed by atoms with Crippen molar-refractivity contribution >= 4 is 45.1 Å². The van der Waals surface area contributed by atoms with Gasteiger partial charge in [-0.05, 0) is 55.8 Å². The number of hydrogen-bond donors (Lipinski definition) is 0. The summed E-state index contributed by atoms with van der Waals surface area (Å²) in [5.74, 6) is 0. The predicted octanol–water partition coefficient (Wildman–Crippen LogP) is 6.17. The monoisotopic (exact) mass is 350 g/mol. The molecule has 1 aliphatic rings. The summed E-state index contributed by atoms with van der Waals surface area (Å²) in [6.45, 7) is 5.32. The summed E-state index contributed by atoms with van der Waals surface area (Å²) in [5, 5.41) is 2.35. The van der Waals surface area contributed by atoms with Crippen molar-refractivity contribution in [1.82, 2.24) is 4.98 Å². The van der Waals surface area contributed by atoms with E-state index in [-0.39, 0.29) is 0 Å². The first kappa shape index (κ1) is 15.5. The predicted molar refractivity (Wildman–Crippen MR) is 107 cm³/mol. The lowest BCUT2D eigenvalue weighted by Gasteiger charge is -2.17. The van der Waals surface area contributed by atoms with E-state index in [1.807, 2.05) is 17.8 Å². The van der Waals surface area contributed by atoms with Crippen molar-refractivity contribution in [3.8, 4) is 0 Å². The Hall–Kier alpha value is -2.04. The molecule has 0 N–H and O–H groups in total. The van der Waals surface area contributed by atoms with E-state index in [0.717, 1.165) is 17.1 Å². The van der Waals surface area contributed by atoms with Gasteiger partial charge in [0, 0.05) is 11.4 Å². The highest BCUT2D eigenvalue weighted by Gasteiger charge is 2.22. The molecule has 0 aliphatic carbocycles. The lowest BCUT2D eigenvalue weighted by atomic mass is 10.2. The van der Waals surface area contributed by atoms with Gasteiger partial charge in [-0.2, -0.15) is 0 Å². The van der Waals surface area contributed by atoms with Crippen LogP contribution in [-0.2, 0) is 0 Å². The molecule has 0 radical (unpaired) electrons. The van der Waals surface area contributed by atoms with Crippen molar-refractivity contribution in [2.45, 2.75) is 18.7 Å². The van der Waals surface area contributed by atoms with Crippen molar-refractivity contribution in [1.29, 1.82) is 0 Å². The topological polar surface area (TPSA) is 16.1 Å². The Morgan fingerprint density at radius 1 is 1.12 bits per heavy atom.